The van der Waals surface area contributed by atoms with E-state index < -0.39 is 30.2 Å². The number of benzene rings is 2. The lowest BCUT2D eigenvalue weighted by Crippen LogP contribution is -2.38. The monoisotopic (exact) mass is 437 g/mol. The molecule has 0 aliphatic carbocycles. The highest BCUT2D eigenvalue weighted by molar-refractivity contribution is 6.15. The molecule has 1 heterocycles. The third-order valence-corrected chi connectivity index (χ3v) is 4.30. The van der Waals surface area contributed by atoms with Crippen LogP contribution in [0, 0.1) is 18.2 Å². The van der Waals surface area contributed by atoms with Crippen LogP contribution in [0.1, 0.15) is 12.5 Å². The van der Waals surface area contributed by atoms with Crippen LogP contribution in [-0.2, 0) is 9.59 Å². The third kappa shape index (κ3) is 5.23. The number of amides is 4. The molecule has 1 aliphatic rings. The first-order valence-corrected chi connectivity index (χ1v) is 9.65. The van der Waals surface area contributed by atoms with E-state index in [4.69, 9.17) is 15.9 Å². The fourth-order valence-corrected chi connectivity index (χ4v) is 2.90. The van der Waals surface area contributed by atoms with Gasteiger partial charge in [0.05, 0.1) is 12.3 Å². The molecule has 0 aromatic heterocycles. The van der Waals surface area contributed by atoms with E-state index >= 15 is 0 Å². The van der Waals surface area contributed by atoms with E-state index in [1.807, 2.05) is 0 Å². The quantitative estimate of drug-likeness (QED) is 0.376. The number of rotatable bonds is 8. The van der Waals surface area contributed by atoms with Gasteiger partial charge in [-0.25, -0.2) is 14.1 Å². The normalized spacial score (nSPS) is 14.2. The standard InChI is InChI=1S/C23H20FN3O5/c1-3-11-32-19-10-9-15(13-20(19)31-4-2)12-18-22(29)27(23(30)26-18)14-21(28)25-17-8-6-5-7-16(17)24/h1,5-10,12-13H,4,11,14H2,2H3,(H,25,28)(H,26,30)/b18-12+. The summed E-state index contributed by atoms with van der Waals surface area (Å²) in [7, 11) is 0. The summed E-state index contributed by atoms with van der Waals surface area (Å²) in [4.78, 5) is 37.8. The number of para-hydroxylation sites is 1. The van der Waals surface area contributed by atoms with Crippen molar-refractivity contribution in [2.45, 2.75) is 6.92 Å². The molecule has 0 unspecified atom stereocenters. The van der Waals surface area contributed by atoms with E-state index in [1.54, 1.807) is 31.2 Å². The van der Waals surface area contributed by atoms with E-state index in [1.165, 1.54) is 24.3 Å². The highest BCUT2D eigenvalue weighted by atomic mass is 19.1. The fourth-order valence-electron chi connectivity index (χ4n) is 2.90. The minimum Gasteiger partial charge on any atom is -0.490 e. The average molecular weight is 437 g/mol. The summed E-state index contributed by atoms with van der Waals surface area (Å²) < 4.78 is 24.7. The maximum Gasteiger partial charge on any atom is 0.329 e. The van der Waals surface area contributed by atoms with Crippen molar-refractivity contribution >= 4 is 29.6 Å². The van der Waals surface area contributed by atoms with Crippen LogP contribution in [0.25, 0.3) is 6.08 Å². The van der Waals surface area contributed by atoms with Gasteiger partial charge in [0.1, 0.15) is 24.7 Å². The SMILES string of the molecule is C#CCOc1ccc(/C=C2/NC(=O)N(CC(=O)Nc3ccccc3F)C2=O)cc1OCC. The number of carbonyl (C=O) groups is 3. The van der Waals surface area contributed by atoms with Crippen LogP contribution < -0.4 is 20.1 Å². The van der Waals surface area contributed by atoms with Crippen molar-refractivity contribution < 1.29 is 28.2 Å². The van der Waals surface area contributed by atoms with Crippen LogP contribution in [0.4, 0.5) is 14.9 Å². The van der Waals surface area contributed by atoms with Gasteiger partial charge in [0.25, 0.3) is 5.91 Å². The summed E-state index contributed by atoms with van der Waals surface area (Å²) in [5.41, 5.74) is 0.493. The lowest BCUT2D eigenvalue weighted by atomic mass is 10.1. The summed E-state index contributed by atoms with van der Waals surface area (Å²) in [5.74, 6) is 1.21. The van der Waals surface area contributed by atoms with E-state index in [0.29, 0.717) is 23.7 Å². The van der Waals surface area contributed by atoms with Gasteiger partial charge < -0.3 is 20.1 Å². The molecule has 1 aliphatic heterocycles. The second kappa shape index (κ2) is 10.1. The van der Waals surface area contributed by atoms with Crippen LogP contribution in [0.3, 0.4) is 0 Å². The molecule has 1 fully saturated rings. The summed E-state index contributed by atoms with van der Waals surface area (Å²) in [6, 6.07) is 9.75. The maximum absolute atomic E-state index is 13.7. The average Bonchev–Trinajstić information content (AvgIpc) is 3.02. The van der Waals surface area contributed by atoms with Gasteiger partial charge in [0, 0.05) is 0 Å². The number of terminal acetylenes is 1. The number of nitrogens with zero attached hydrogens (tertiary/aromatic N) is 1. The van der Waals surface area contributed by atoms with Gasteiger partial charge in [-0.2, -0.15) is 0 Å². The molecule has 32 heavy (non-hydrogen) atoms. The van der Waals surface area contributed by atoms with Gasteiger partial charge in [-0.05, 0) is 42.8 Å². The zero-order chi connectivity index (χ0) is 23.1. The zero-order valence-corrected chi connectivity index (χ0v) is 17.2. The molecule has 0 spiro atoms. The van der Waals surface area contributed by atoms with Crippen LogP contribution in [0.5, 0.6) is 11.5 Å². The molecule has 0 bridgehead atoms. The van der Waals surface area contributed by atoms with Crippen molar-refractivity contribution in [3.63, 3.8) is 0 Å². The van der Waals surface area contributed by atoms with Crippen LogP contribution in [-0.4, -0.2) is 42.5 Å². The second-order valence-corrected chi connectivity index (χ2v) is 6.54. The van der Waals surface area contributed by atoms with E-state index in [2.05, 4.69) is 16.6 Å². The molecular weight excluding hydrogens is 417 g/mol. The first-order chi connectivity index (χ1) is 15.4. The fraction of sp³-hybridized carbons (Fsp3) is 0.174. The van der Waals surface area contributed by atoms with Gasteiger partial charge in [0.15, 0.2) is 11.5 Å². The largest absolute Gasteiger partial charge is 0.490 e. The van der Waals surface area contributed by atoms with Crippen LogP contribution >= 0.6 is 0 Å². The molecule has 0 radical (unpaired) electrons. The predicted octanol–water partition coefficient (Wildman–Crippen LogP) is 2.77. The number of anilines is 1. The lowest BCUT2D eigenvalue weighted by Gasteiger charge is -2.12. The van der Waals surface area contributed by atoms with Crippen molar-refractivity contribution in [3.05, 3.63) is 59.5 Å². The van der Waals surface area contributed by atoms with Crippen LogP contribution in [0.2, 0.25) is 0 Å². The van der Waals surface area contributed by atoms with Gasteiger partial charge in [-0.15, -0.1) is 6.42 Å². The highest BCUT2D eigenvalue weighted by Crippen LogP contribution is 2.29. The summed E-state index contributed by atoms with van der Waals surface area (Å²) in [6.45, 7) is 1.69. The Bertz CT molecular complexity index is 1120. The van der Waals surface area contributed by atoms with Crippen molar-refractivity contribution in [3.8, 4) is 23.8 Å². The topological polar surface area (TPSA) is 97.0 Å². The molecule has 2 N–H and O–H groups in total. The van der Waals surface area contributed by atoms with E-state index in [-0.39, 0.29) is 18.0 Å². The van der Waals surface area contributed by atoms with Crippen molar-refractivity contribution in [1.29, 1.82) is 0 Å². The van der Waals surface area contributed by atoms with Crippen molar-refractivity contribution in [2.24, 2.45) is 0 Å². The number of imide groups is 1. The second-order valence-electron chi connectivity index (χ2n) is 6.54. The van der Waals surface area contributed by atoms with Gasteiger partial charge in [0.2, 0.25) is 5.91 Å². The number of halogens is 1. The summed E-state index contributed by atoms with van der Waals surface area (Å²) in [5, 5.41) is 4.76. The minimum atomic E-state index is -0.760. The molecule has 9 heteroatoms. The number of hydrogen-bond acceptors (Lipinski definition) is 5. The Kier molecular flexibility index (Phi) is 7.08. The Balaban J connectivity index is 1.73. The number of ether oxygens (including phenoxy) is 2. The van der Waals surface area contributed by atoms with E-state index in [9.17, 15) is 18.8 Å². The molecule has 2 aromatic rings. The van der Waals surface area contributed by atoms with Gasteiger partial charge in [-0.3, -0.25) is 9.59 Å². The first-order valence-electron chi connectivity index (χ1n) is 9.65. The zero-order valence-electron chi connectivity index (χ0n) is 17.2. The Labute approximate surface area is 184 Å². The molecule has 8 nitrogen and oxygen atoms in total. The highest BCUT2D eigenvalue weighted by Gasteiger charge is 2.35. The van der Waals surface area contributed by atoms with Crippen LogP contribution in [0.15, 0.2) is 48.2 Å². The molecule has 0 atom stereocenters. The molecule has 3 rings (SSSR count). The third-order valence-electron chi connectivity index (χ3n) is 4.30. The Morgan fingerprint density at radius 1 is 1.22 bits per heavy atom. The summed E-state index contributed by atoms with van der Waals surface area (Å²) in [6.07, 6.45) is 6.66. The van der Waals surface area contributed by atoms with Crippen molar-refractivity contribution in [2.75, 3.05) is 25.1 Å². The number of hydrogen-bond donors (Lipinski definition) is 2. The number of urea groups is 1. The van der Waals surface area contributed by atoms with E-state index in [0.717, 1.165) is 4.90 Å². The Hall–Kier alpha value is -4.32. The minimum absolute atomic E-state index is 0.0200. The first kappa shape index (κ1) is 22.4. The van der Waals surface area contributed by atoms with Gasteiger partial charge in [-0.1, -0.05) is 24.1 Å². The molecule has 4 amide bonds. The lowest BCUT2D eigenvalue weighted by molar-refractivity contribution is -0.127. The number of carbonyl (C=O) groups excluding carboxylic acids is 3. The molecule has 2 aromatic carbocycles. The predicted molar refractivity (Wildman–Crippen MR) is 115 cm³/mol. The molecule has 164 valence electrons. The Morgan fingerprint density at radius 2 is 2.00 bits per heavy atom. The Morgan fingerprint density at radius 3 is 2.72 bits per heavy atom. The molecule has 1 saturated heterocycles. The smallest absolute Gasteiger partial charge is 0.329 e. The van der Waals surface area contributed by atoms with Crippen molar-refractivity contribution in [1.82, 2.24) is 10.2 Å². The van der Waals surface area contributed by atoms with Gasteiger partial charge >= 0.3 is 6.03 Å². The molecule has 0 saturated carbocycles. The maximum atomic E-state index is 13.7. The molecular formula is C23H20FN3O5. The number of nitrogens with one attached hydrogen (secondary N) is 2. The summed E-state index contributed by atoms with van der Waals surface area (Å²) >= 11 is 0.